The van der Waals surface area contributed by atoms with Crippen LogP contribution in [-0.4, -0.2) is 23.7 Å². The van der Waals surface area contributed by atoms with Crippen molar-refractivity contribution in [1.29, 1.82) is 0 Å². The number of carbonyl (C=O) groups excluding carboxylic acids is 1. The van der Waals surface area contributed by atoms with Gasteiger partial charge in [-0.2, -0.15) is 0 Å². The molecule has 0 radical (unpaired) electrons. The molecule has 1 atom stereocenters. The van der Waals surface area contributed by atoms with Crippen LogP contribution in [-0.2, 0) is 17.6 Å². The average molecular weight is 277 g/mol. The van der Waals surface area contributed by atoms with E-state index in [1.165, 1.54) is 18.4 Å². The van der Waals surface area contributed by atoms with Crippen LogP contribution in [0.3, 0.4) is 0 Å². The molecule has 3 nitrogen and oxygen atoms in total. The van der Waals surface area contributed by atoms with Gasteiger partial charge in [-0.25, -0.2) is 0 Å². The van der Waals surface area contributed by atoms with Crippen LogP contribution in [0.1, 0.15) is 50.7 Å². The van der Waals surface area contributed by atoms with Crippen molar-refractivity contribution in [3.8, 4) is 0 Å². The second-order valence-electron chi connectivity index (χ2n) is 5.44. The first-order valence-corrected chi connectivity index (χ1v) is 7.64. The van der Waals surface area contributed by atoms with Crippen molar-refractivity contribution in [1.82, 2.24) is 5.32 Å². The molecule has 1 amide bonds. The Morgan fingerprint density at radius 3 is 2.45 bits per heavy atom. The lowest BCUT2D eigenvalue weighted by atomic mass is 10.0. The fourth-order valence-electron chi connectivity index (χ4n) is 2.08. The van der Waals surface area contributed by atoms with Gasteiger partial charge in [-0.05, 0) is 43.7 Å². The predicted octanol–water partition coefficient (Wildman–Crippen LogP) is 2.85. The van der Waals surface area contributed by atoms with Gasteiger partial charge in [-0.15, -0.1) is 0 Å². The number of benzene rings is 1. The van der Waals surface area contributed by atoms with Crippen molar-refractivity contribution >= 4 is 5.91 Å². The lowest BCUT2D eigenvalue weighted by molar-refractivity contribution is -0.120. The zero-order valence-corrected chi connectivity index (χ0v) is 12.7. The summed E-state index contributed by atoms with van der Waals surface area (Å²) in [6, 6.07) is 8.32. The third-order valence-electron chi connectivity index (χ3n) is 3.33. The first-order valence-electron chi connectivity index (χ1n) is 7.64. The van der Waals surface area contributed by atoms with Gasteiger partial charge in [-0.3, -0.25) is 4.79 Å². The fourth-order valence-corrected chi connectivity index (χ4v) is 2.08. The van der Waals surface area contributed by atoms with Gasteiger partial charge >= 0.3 is 0 Å². The highest BCUT2D eigenvalue weighted by Crippen LogP contribution is 2.08. The summed E-state index contributed by atoms with van der Waals surface area (Å²) in [6.07, 6.45) is 5.22. The highest BCUT2D eigenvalue weighted by Gasteiger charge is 2.03. The molecule has 0 aliphatic rings. The molecule has 3 heteroatoms. The minimum atomic E-state index is -0.289. The van der Waals surface area contributed by atoms with Gasteiger partial charge in [0.25, 0.3) is 0 Å². The Morgan fingerprint density at radius 1 is 1.20 bits per heavy atom. The van der Waals surface area contributed by atoms with Crippen LogP contribution in [0.4, 0.5) is 0 Å². The highest BCUT2D eigenvalue weighted by molar-refractivity contribution is 5.78. The zero-order chi connectivity index (χ0) is 14.8. The summed E-state index contributed by atoms with van der Waals surface area (Å²) in [7, 11) is 0. The molecule has 1 unspecified atom stereocenters. The van der Waals surface area contributed by atoms with Crippen molar-refractivity contribution in [2.24, 2.45) is 0 Å². The predicted molar refractivity (Wildman–Crippen MR) is 82.7 cm³/mol. The molecule has 0 aliphatic carbocycles. The second kappa shape index (κ2) is 9.54. The SMILES string of the molecule is CCCCc1ccc(CC(=O)NCCCC(C)O)cc1. The number of amides is 1. The van der Waals surface area contributed by atoms with Crippen LogP contribution < -0.4 is 5.32 Å². The second-order valence-corrected chi connectivity index (χ2v) is 5.44. The molecule has 0 aromatic heterocycles. The minimum absolute atomic E-state index is 0.0527. The molecule has 1 aromatic rings. The number of aliphatic hydroxyl groups is 1. The molecule has 0 fully saturated rings. The van der Waals surface area contributed by atoms with E-state index in [9.17, 15) is 4.79 Å². The molecule has 1 aromatic carbocycles. The Kier molecular flexibility index (Phi) is 7.97. The maximum absolute atomic E-state index is 11.7. The highest BCUT2D eigenvalue weighted by atomic mass is 16.3. The van der Waals surface area contributed by atoms with Gasteiger partial charge in [0.05, 0.1) is 12.5 Å². The van der Waals surface area contributed by atoms with E-state index >= 15 is 0 Å². The average Bonchev–Trinajstić information content (AvgIpc) is 2.43. The number of nitrogens with one attached hydrogen (secondary N) is 1. The molecule has 20 heavy (non-hydrogen) atoms. The van der Waals surface area contributed by atoms with Crippen molar-refractivity contribution < 1.29 is 9.90 Å². The summed E-state index contributed by atoms with van der Waals surface area (Å²) >= 11 is 0. The molecular formula is C17H27NO2. The number of aryl methyl sites for hydroxylation is 1. The molecule has 0 saturated heterocycles. The summed E-state index contributed by atoms with van der Waals surface area (Å²) in [5.41, 5.74) is 2.39. The fraction of sp³-hybridized carbons (Fsp3) is 0.588. The molecule has 0 aliphatic heterocycles. The van der Waals surface area contributed by atoms with Crippen LogP contribution in [0.2, 0.25) is 0 Å². The first kappa shape index (κ1) is 16.7. The molecular weight excluding hydrogens is 250 g/mol. The Morgan fingerprint density at radius 2 is 1.85 bits per heavy atom. The van der Waals surface area contributed by atoms with E-state index in [1.807, 2.05) is 12.1 Å². The maximum Gasteiger partial charge on any atom is 0.224 e. The lowest BCUT2D eigenvalue weighted by Crippen LogP contribution is -2.26. The van der Waals surface area contributed by atoms with E-state index in [1.54, 1.807) is 6.92 Å². The smallest absolute Gasteiger partial charge is 0.224 e. The topological polar surface area (TPSA) is 49.3 Å². The van der Waals surface area contributed by atoms with Crippen LogP contribution >= 0.6 is 0 Å². The van der Waals surface area contributed by atoms with Crippen molar-refractivity contribution in [3.63, 3.8) is 0 Å². The van der Waals surface area contributed by atoms with Crippen LogP contribution in [0.15, 0.2) is 24.3 Å². The number of aliphatic hydroxyl groups excluding tert-OH is 1. The summed E-state index contributed by atoms with van der Waals surface area (Å²) < 4.78 is 0. The van der Waals surface area contributed by atoms with E-state index in [0.29, 0.717) is 13.0 Å². The van der Waals surface area contributed by atoms with E-state index in [2.05, 4.69) is 24.4 Å². The molecule has 112 valence electrons. The van der Waals surface area contributed by atoms with Gasteiger partial charge in [0, 0.05) is 6.54 Å². The largest absolute Gasteiger partial charge is 0.393 e. The van der Waals surface area contributed by atoms with Gasteiger partial charge in [-0.1, -0.05) is 37.6 Å². The summed E-state index contributed by atoms with van der Waals surface area (Å²) in [6.45, 7) is 4.59. The number of unbranched alkanes of at least 4 members (excludes halogenated alkanes) is 1. The monoisotopic (exact) mass is 277 g/mol. The third kappa shape index (κ3) is 7.29. The molecule has 1 rings (SSSR count). The molecule has 0 spiro atoms. The van der Waals surface area contributed by atoms with E-state index in [-0.39, 0.29) is 12.0 Å². The van der Waals surface area contributed by atoms with Crippen LogP contribution in [0, 0.1) is 0 Å². The standard InChI is InChI=1S/C17H27NO2/c1-3-4-7-15-8-10-16(11-9-15)13-17(20)18-12-5-6-14(2)19/h8-11,14,19H,3-7,12-13H2,1-2H3,(H,18,20). The molecule has 0 heterocycles. The molecule has 0 saturated carbocycles. The third-order valence-corrected chi connectivity index (χ3v) is 3.33. The van der Waals surface area contributed by atoms with Gasteiger partial charge in [0.2, 0.25) is 5.91 Å². The Bertz CT molecular complexity index is 384. The van der Waals surface area contributed by atoms with Crippen LogP contribution in [0.5, 0.6) is 0 Å². The van der Waals surface area contributed by atoms with Gasteiger partial charge in [0.15, 0.2) is 0 Å². The van der Waals surface area contributed by atoms with Crippen molar-refractivity contribution in [2.45, 2.75) is 58.5 Å². The summed E-state index contributed by atoms with van der Waals surface area (Å²) in [5.74, 6) is 0.0527. The van der Waals surface area contributed by atoms with Crippen molar-refractivity contribution in [2.75, 3.05) is 6.54 Å². The summed E-state index contributed by atoms with van der Waals surface area (Å²) in [4.78, 5) is 11.7. The van der Waals surface area contributed by atoms with Gasteiger partial charge in [0.1, 0.15) is 0 Å². The number of hydrogen-bond donors (Lipinski definition) is 2. The van der Waals surface area contributed by atoms with Crippen LogP contribution in [0.25, 0.3) is 0 Å². The minimum Gasteiger partial charge on any atom is -0.393 e. The zero-order valence-electron chi connectivity index (χ0n) is 12.7. The Hall–Kier alpha value is -1.35. The Labute approximate surface area is 122 Å². The number of carbonyl (C=O) groups is 1. The number of rotatable bonds is 9. The lowest BCUT2D eigenvalue weighted by Gasteiger charge is -2.07. The summed E-state index contributed by atoms with van der Waals surface area (Å²) in [5, 5.41) is 12.0. The van der Waals surface area contributed by atoms with Gasteiger partial charge < -0.3 is 10.4 Å². The van der Waals surface area contributed by atoms with E-state index in [0.717, 1.165) is 24.8 Å². The van der Waals surface area contributed by atoms with E-state index in [4.69, 9.17) is 5.11 Å². The quantitative estimate of drug-likeness (QED) is 0.682. The molecule has 0 bridgehead atoms. The normalized spacial score (nSPS) is 12.2. The Balaban J connectivity index is 2.27. The molecule has 2 N–H and O–H groups in total. The maximum atomic E-state index is 11.7. The first-order chi connectivity index (χ1) is 9.61. The van der Waals surface area contributed by atoms with Crippen molar-refractivity contribution in [3.05, 3.63) is 35.4 Å². The number of hydrogen-bond acceptors (Lipinski definition) is 2. The van der Waals surface area contributed by atoms with E-state index < -0.39 is 0 Å².